The molecule has 28 heavy (non-hydrogen) atoms. The Morgan fingerprint density at radius 3 is 2.50 bits per heavy atom. The Morgan fingerprint density at radius 1 is 1.07 bits per heavy atom. The van der Waals surface area contributed by atoms with Gasteiger partial charge in [0.2, 0.25) is 11.8 Å². The Hall–Kier alpha value is -2.41. The molecule has 7 nitrogen and oxygen atoms in total. The summed E-state index contributed by atoms with van der Waals surface area (Å²) >= 11 is 0. The van der Waals surface area contributed by atoms with Crippen LogP contribution in [0.15, 0.2) is 24.3 Å². The van der Waals surface area contributed by atoms with Crippen LogP contribution < -0.4 is 0 Å². The predicted octanol–water partition coefficient (Wildman–Crippen LogP) is 1.48. The van der Waals surface area contributed by atoms with Crippen LogP contribution in [-0.2, 0) is 23.2 Å². The molecule has 0 aliphatic carbocycles. The highest BCUT2D eigenvalue weighted by Gasteiger charge is 2.31. The number of hydrogen-bond donors (Lipinski definition) is 0. The lowest BCUT2D eigenvalue weighted by Gasteiger charge is -2.38. The van der Waals surface area contributed by atoms with Crippen molar-refractivity contribution in [2.24, 2.45) is 13.0 Å². The second kappa shape index (κ2) is 7.91. The number of piperidine rings is 1. The molecule has 7 heteroatoms. The summed E-state index contributed by atoms with van der Waals surface area (Å²) in [5.74, 6) is 1.44. The molecule has 2 aliphatic heterocycles. The quantitative estimate of drug-likeness (QED) is 0.805. The van der Waals surface area contributed by atoms with Gasteiger partial charge < -0.3 is 14.4 Å². The van der Waals surface area contributed by atoms with Gasteiger partial charge in [-0.3, -0.25) is 14.5 Å². The van der Waals surface area contributed by atoms with Crippen molar-refractivity contribution < 1.29 is 9.59 Å². The normalized spacial score (nSPS) is 21.3. The Kier molecular flexibility index (Phi) is 5.35. The number of aryl methyl sites for hydroxylation is 1. The molecule has 150 valence electrons. The van der Waals surface area contributed by atoms with E-state index in [0.717, 1.165) is 49.3 Å². The highest BCUT2D eigenvalue weighted by atomic mass is 16.2. The van der Waals surface area contributed by atoms with Gasteiger partial charge in [0.25, 0.3) is 0 Å². The van der Waals surface area contributed by atoms with E-state index in [1.54, 1.807) is 6.92 Å². The number of amides is 2. The first-order chi connectivity index (χ1) is 13.5. The van der Waals surface area contributed by atoms with E-state index < -0.39 is 0 Å². The first-order valence-electron chi connectivity index (χ1n) is 10.2. The van der Waals surface area contributed by atoms with E-state index in [4.69, 9.17) is 4.98 Å². The molecule has 0 bridgehead atoms. The molecule has 2 aliphatic rings. The molecule has 0 N–H and O–H groups in total. The first kappa shape index (κ1) is 18.9. The van der Waals surface area contributed by atoms with Crippen molar-refractivity contribution >= 4 is 22.8 Å². The number of piperazine rings is 1. The number of carbonyl (C=O) groups excluding carboxylic acids is 2. The number of fused-ring (bicyclic) bond motifs is 1. The van der Waals surface area contributed by atoms with Gasteiger partial charge in [0.15, 0.2) is 0 Å². The van der Waals surface area contributed by atoms with Gasteiger partial charge in [0.1, 0.15) is 5.82 Å². The molecule has 3 heterocycles. The summed E-state index contributed by atoms with van der Waals surface area (Å²) in [4.78, 5) is 35.4. The number of likely N-dealkylation sites (tertiary alicyclic amines) is 1. The van der Waals surface area contributed by atoms with Gasteiger partial charge in [-0.2, -0.15) is 0 Å². The lowest BCUT2D eigenvalue weighted by molar-refractivity contribution is -0.142. The zero-order valence-electron chi connectivity index (χ0n) is 16.8. The lowest BCUT2D eigenvalue weighted by Crippen LogP contribution is -2.53. The average Bonchev–Trinajstić information content (AvgIpc) is 3.03. The number of benzene rings is 1. The van der Waals surface area contributed by atoms with E-state index in [1.165, 1.54) is 0 Å². The monoisotopic (exact) mass is 383 g/mol. The minimum absolute atomic E-state index is 0.0484. The lowest BCUT2D eigenvalue weighted by atomic mass is 9.96. The van der Waals surface area contributed by atoms with Crippen LogP contribution in [0, 0.1) is 5.92 Å². The smallest absolute Gasteiger partial charge is 0.227 e. The van der Waals surface area contributed by atoms with Gasteiger partial charge in [-0.15, -0.1) is 0 Å². The Morgan fingerprint density at radius 2 is 1.79 bits per heavy atom. The number of imidazole rings is 1. The number of rotatable bonds is 3. The summed E-state index contributed by atoms with van der Waals surface area (Å²) in [7, 11) is 2.06. The van der Waals surface area contributed by atoms with E-state index >= 15 is 0 Å². The molecule has 2 aromatic rings. The number of hydrogen-bond acceptors (Lipinski definition) is 4. The van der Waals surface area contributed by atoms with E-state index in [2.05, 4.69) is 22.6 Å². The summed E-state index contributed by atoms with van der Waals surface area (Å²) in [6, 6.07) is 8.19. The van der Waals surface area contributed by atoms with Gasteiger partial charge in [-0.05, 0) is 31.5 Å². The summed E-state index contributed by atoms with van der Waals surface area (Å²) in [6.07, 6.45) is 1.98. The predicted molar refractivity (Wildman–Crippen MR) is 108 cm³/mol. The largest absolute Gasteiger partial charge is 0.339 e. The Labute approximate surface area is 165 Å². The fourth-order valence-electron chi connectivity index (χ4n) is 4.44. The van der Waals surface area contributed by atoms with E-state index in [1.807, 2.05) is 28.0 Å². The minimum atomic E-state index is 0.0484. The summed E-state index contributed by atoms with van der Waals surface area (Å²) in [6.45, 7) is 6.76. The SMILES string of the molecule is CC(=O)N1CCN(C(=O)[C@@H]2CCCN(Cc3nc4ccccc4n3C)C2)CC1. The van der Waals surface area contributed by atoms with Gasteiger partial charge in [-0.1, -0.05) is 12.1 Å². The topological polar surface area (TPSA) is 61.7 Å². The van der Waals surface area contributed by atoms with Crippen LogP contribution in [0.5, 0.6) is 0 Å². The van der Waals surface area contributed by atoms with Crippen LogP contribution in [0.2, 0.25) is 0 Å². The number of carbonyl (C=O) groups is 2. The third-order valence-electron chi connectivity index (χ3n) is 6.14. The number of para-hydroxylation sites is 2. The van der Waals surface area contributed by atoms with E-state index in [0.29, 0.717) is 26.2 Å². The maximum absolute atomic E-state index is 13.0. The summed E-state index contributed by atoms with van der Waals surface area (Å²) in [5, 5.41) is 0. The molecule has 2 fully saturated rings. The molecule has 2 saturated heterocycles. The third-order valence-corrected chi connectivity index (χ3v) is 6.14. The van der Waals surface area contributed by atoms with Crippen LogP contribution in [-0.4, -0.2) is 75.3 Å². The first-order valence-corrected chi connectivity index (χ1v) is 10.2. The summed E-state index contributed by atoms with van der Waals surface area (Å²) < 4.78 is 2.15. The molecule has 2 amide bonds. The minimum Gasteiger partial charge on any atom is -0.339 e. The van der Waals surface area contributed by atoms with Crippen molar-refractivity contribution in [3.63, 3.8) is 0 Å². The van der Waals surface area contributed by atoms with Crippen molar-refractivity contribution in [3.05, 3.63) is 30.1 Å². The van der Waals surface area contributed by atoms with Gasteiger partial charge in [-0.25, -0.2) is 4.98 Å². The average molecular weight is 383 g/mol. The molecule has 0 saturated carbocycles. The fraction of sp³-hybridized carbons (Fsp3) is 0.571. The van der Waals surface area contributed by atoms with Crippen LogP contribution >= 0.6 is 0 Å². The second-order valence-corrected chi connectivity index (χ2v) is 7.98. The van der Waals surface area contributed by atoms with Gasteiger partial charge in [0.05, 0.1) is 23.5 Å². The third kappa shape index (κ3) is 3.76. The molecule has 0 spiro atoms. The zero-order valence-corrected chi connectivity index (χ0v) is 16.8. The van der Waals surface area contributed by atoms with Crippen LogP contribution in [0.3, 0.4) is 0 Å². The van der Waals surface area contributed by atoms with Gasteiger partial charge in [0, 0.05) is 46.7 Å². The molecular weight excluding hydrogens is 354 g/mol. The van der Waals surface area contributed by atoms with Crippen LogP contribution in [0.4, 0.5) is 0 Å². The molecule has 0 unspecified atom stereocenters. The molecular formula is C21H29N5O2. The fourth-order valence-corrected chi connectivity index (χ4v) is 4.44. The highest BCUT2D eigenvalue weighted by molar-refractivity contribution is 5.80. The molecule has 1 atom stereocenters. The van der Waals surface area contributed by atoms with Crippen molar-refractivity contribution in [3.8, 4) is 0 Å². The van der Waals surface area contributed by atoms with Crippen LogP contribution in [0.25, 0.3) is 11.0 Å². The molecule has 1 aromatic heterocycles. The molecule has 0 radical (unpaired) electrons. The van der Waals surface area contributed by atoms with E-state index in [-0.39, 0.29) is 17.7 Å². The summed E-state index contributed by atoms with van der Waals surface area (Å²) in [5.41, 5.74) is 2.17. The van der Waals surface area contributed by atoms with E-state index in [9.17, 15) is 9.59 Å². The van der Waals surface area contributed by atoms with Crippen LogP contribution in [0.1, 0.15) is 25.6 Å². The van der Waals surface area contributed by atoms with Crippen molar-refractivity contribution in [2.75, 3.05) is 39.3 Å². The van der Waals surface area contributed by atoms with Crippen molar-refractivity contribution in [1.82, 2.24) is 24.3 Å². The Balaban J connectivity index is 1.38. The number of aromatic nitrogens is 2. The van der Waals surface area contributed by atoms with Crippen molar-refractivity contribution in [2.45, 2.75) is 26.3 Å². The Bertz CT molecular complexity index is 869. The second-order valence-electron chi connectivity index (χ2n) is 7.98. The maximum Gasteiger partial charge on any atom is 0.227 e. The molecule has 1 aromatic carbocycles. The number of nitrogens with zero attached hydrogens (tertiary/aromatic N) is 5. The van der Waals surface area contributed by atoms with Gasteiger partial charge >= 0.3 is 0 Å². The van der Waals surface area contributed by atoms with Crippen molar-refractivity contribution in [1.29, 1.82) is 0 Å². The standard InChI is InChI=1S/C21H29N5O2/c1-16(27)25-10-12-26(13-11-25)21(28)17-6-5-9-24(14-17)15-20-22-18-7-3-4-8-19(18)23(20)2/h3-4,7-8,17H,5-6,9-15H2,1-2H3/t17-/m1/s1. The maximum atomic E-state index is 13.0. The zero-order chi connectivity index (χ0) is 19.7. The molecule has 4 rings (SSSR count). The highest BCUT2D eigenvalue weighted by Crippen LogP contribution is 2.22.